The minimum Gasteiger partial charge on any atom is -0.465 e. The minimum absolute atomic E-state index is 0.193. The number of hydrogen-bond donors (Lipinski definition) is 1. The fourth-order valence-corrected chi connectivity index (χ4v) is 2.81. The highest BCUT2D eigenvalue weighted by Crippen LogP contribution is 2.21. The number of carbonyl (C=O) groups excluding carboxylic acids is 1. The van der Waals surface area contributed by atoms with Gasteiger partial charge in [-0.15, -0.1) is 0 Å². The molecule has 1 N–H and O–H groups in total. The van der Waals surface area contributed by atoms with Crippen molar-refractivity contribution in [1.29, 1.82) is 0 Å². The van der Waals surface area contributed by atoms with E-state index in [1.54, 1.807) is 6.92 Å². The highest BCUT2D eigenvalue weighted by Gasteiger charge is 2.28. The summed E-state index contributed by atoms with van der Waals surface area (Å²) in [6, 6.07) is 4.49. The van der Waals surface area contributed by atoms with Gasteiger partial charge in [-0.05, 0) is 31.4 Å². The van der Waals surface area contributed by atoms with Crippen LogP contribution in [0.2, 0.25) is 0 Å². The van der Waals surface area contributed by atoms with E-state index in [2.05, 4.69) is 12.2 Å². The summed E-state index contributed by atoms with van der Waals surface area (Å²) in [7, 11) is 0. The van der Waals surface area contributed by atoms with E-state index in [1.165, 1.54) is 0 Å². The van der Waals surface area contributed by atoms with E-state index in [9.17, 15) is 4.79 Å². The molecular formula is C15H24N2O2. The van der Waals surface area contributed by atoms with Crippen molar-refractivity contribution in [3.63, 3.8) is 0 Å². The lowest BCUT2D eigenvalue weighted by atomic mass is 9.90. The van der Waals surface area contributed by atoms with Crippen LogP contribution in [0.3, 0.4) is 0 Å². The zero-order chi connectivity index (χ0) is 13.8. The fraction of sp³-hybridized carbons (Fsp3) is 0.667. The van der Waals surface area contributed by atoms with Crippen LogP contribution in [0.4, 0.5) is 0 Å². The molecule has 1 aromatic rings. The molecule has 1 aromatic heterocycles. The van der Waals surface area contributed by atoms with E-state index < -0.39 is 0 Å². The van der Waals surface area contributed by atoms with Crippen LogP contribution in [0.15, 0.2) is 16.5 Å². The first-order valence-electron chi connectivity index (χ1n) is 7.14. The van der Waals surface area contributed by atoms with E-state index in [4.69, 9.17) is 4.42 Å². The number of hydrogen-bond acceptors (Lipinski definition) is 3. The number of furan rings is 1. The van der Waals surface area contributed by atoms with Gasteiger partial charge in [-0.2, -0.15) is 0 Å². The molecule has 0 aliphatic carbocycles. The van der Waals surface area contributed by atoms with E-state index in [1.807, 2.05) is 24.0 Å². The molecule has 2 heterocycles. The maximum absolute atomic E-state index is 11.4. The fourth-order valence-electron chi connectivity index (χ4n) is 2.81. The molecule has 1 amide bonds. The Hall–Kier alpha value is -1.29. The van der Waals surface area contributed by atoms with Crippen molar-refractivity contribution in [1.82, 2.24) is 10.2 Å². The predicted molar refractivity (Wildman–Crippen MR) is 74.7 cm³/mol. The van der Waals surface area contributed by atoms with Gasteiger partial charge in [0.25, 0.3) is 0 Å². The average Bonchev–Trinajstić information content (AvgIpc) is 2.81. The average molecular weight is 264 g/mol. The highest BCUT2D eigenvalue weighted by molar-refractivity contribution is 5.73. The molecule has 0 aromatic carbocycles. The van der Waals surface area contributed by atoms with Gasteiger partial charge in [-0.3, -0.25) is 4.79 Å². The third kappa shape index (κ3) is 3.60. The molecule has 19 heavy (non-hydrogen) atoms. The lowest BCUT2D eigenvalue weighted by Crippen LogP contribution is -2.50. The second-order valence-corrected chi connectivity index (χ2v) is 5.42. The van der Waals surface area contributed by atoms with Gasteiger partial charge in [-0.1, -0.05) is 13.3 Å². The number of nitrogens with zero attached hydrogens (tertiary/aromatic N) is 1. The summed E-state index contributed by atoms with van der Waals surface area (Å²) in [6.45, 7) is 8.33. The molecule has 2 atom stereocenters. The van der Waals surface area contributed by atoms with Gasteiger partial charge in [0.2, 0.25) is 5.91 Å². The topological polar surface area (TPSA) is 45.5 Å². The second-order valence-electron chi connectivity index (χ2n) is 5.42. The molecule has 0 radical (unpaired) electrons. The van der Waals surface area contributed by atoms with Crippen LogP contribution in [0, 0.1) is 12.8 Å². The van der Waals surface area contributed by atoms with Crippen molar-refractivity contribution in [2.75, 3.05) is 13.1 Å². The van der Waals surface area contributed by atoms with Gasteiger partial charge in [0.15, 0.2) is 0 Å². The SMILES string of the molecule is CC[C@H]1CN(C(C)=O)CC[C@@H]1NCc1ccc(C)o1. The summed E-state index contributed by atoms with van der Waals surface area (Å²) in [6.07, 6.45) is 2.12. The van der Waals surface area contributed by atoms with Crippen LogP contribution in [-0.4, -0.2) is 29.9 Å². The number of aryl methyl sites for hydroxylation is 1. The summed E-state index contributed by atoms with van der Waals surface area (Å²) >= 11 is 0. The molecule has 4 heteroatoms. The number of likely N-dealkylation sites (tertiary alicyclic amines) is 1. The van der Waals surface area contributed by atoms with Crippen LogP contribution in [0.25, 0.3) is 0 Å². The Morgan fingerprint density at radius 1 is 1.53 bits per heavy atom. The normalized spacial score (nSPS) is 23.6. The number of piperidine rings is 1. The van der Waals surface area contributed by atoms with Gasteiger partial charge in [0.05, 0.1) is 6.54 Å². The van der Waals surface area contributed by atoms with Crippen molar-refractivity contribution in [2.45, 2.75) is 46.2 Å². The lowest BCUT2D eigenvalue weighted by molar-refractivity contribution is -0.131. The molecule has 1 fully saturated rings. The number of rotatable bonds is 4. The molecule has 0 bridgehead atoms. The third-order valence-corrected chi connectivity index (χ3v) is 4.04. The molecule has 4 nitrogen and oxygen atoms in total. The largest absolute Gasteiger partial charge is 0.465 e. The van der Waals surface area contributed by atoms with E-state index in [-0.39, 0.29) is 5.91 Å². The molecule has 0 saturated carbocycles. The first kappa shape index (κ1) is 14.1. The summed E-state index contributed by atoms with van der Waals surface area (Å²) < 4.78 is 5.58. The maximum atomic E-state index is 11.4. The third-order valence-electron chi connectivity index (χ3n) is 4.04. The van der Waals surface area contributed by atoms with Crippen molar-refractivity contribution in [2.24, 2.45) is 5.92 Å². The zero-order valence-electron chi connectivity index (χ0n) is 12.1. The Balaban J connectivity index is 1.87. The maximum Gasteiger partial charge on any atom is 0.219 e. The molecule has 106 valence electrons. The number of nitrogens with one attached hydrogen (secondary N) is 1. The Morgan fingerprint density at radius 3 is 2.89 bits per heavy atom. The van der Waals surface area contributed by atoms with Crippen LogP contribution >= 0.6 is 0 Å². The molecule has 1 saturated heterocycles. The Kier molecular flexibility index (Phi) is 4.64. The summed E-state index contributed by atoms with van der Waals surface area (Å²) in [5.74, 6) is 2.67. The first-order valence-corrected chi connectivity index (χ1v) is 7.14. The smallest absolute Gasteiger partial charge is 0.219 e. The number of amides is 1. The van der Waals surface area contributed by atoms with Crippen LogP contribution in [0.1, 0.15) is 38.2 Å². The second kappa shape index (κ2) is 6.24. The molecule has 0 unspecified atom stereocenters. The Labute approximate surface area is 115 Å². The van der Waals surface area contributed by atoms with Gasteiger partial charge in [-0.25, -0.2) is 0 Å². The van der Waals surface area contributed by atoms with Crippen molar-refractivity contribution < 1.29 is 9.21 Å². The van der Waals surface area contributed by atoms with Crippen molar-refractivity contribution >= 4 is 5.91 Å². The quantitative estimate of drug-likeness (QED) is 0.907. The summed E-state index contributed by atoms with van der Waals surface area (Å²) in [5, 5.41) is 3.58. The number of carbonyl (C=O) groups is 1. The molecule has 2 rings (SSSR count). The van der Waals surface area contributed by atoms with Crippen LogP contribution in [0.5, 0.6) is 0 Å². The van der Waals surface area contributed by atoms with E-state index in [0.717, 1.165) is 44.0 Å². The molecule has 1 aliphatic heterocycles. The van der Waals surface area contributed by atoms with Gasteiger partial charge in [0.1, 0.15) is 11.5 Å². The molecule has 1 aliphatic rings. The predicted octanol–water partition coefficient (Wildman–Crippen LogP) is 2.32. The van der Waals surface area contributed by atoms with Gasteiger partial charge in [0, 0.05) is 26.1 Å². The van der Waals surface area contributed by atoms with E-state index >= 15 is 0 Å². The van der Waals surface area contributed by atoms with E-state index in [0.29, 0.717) is 12.0 Å². The Morgan fingerprint density at radius 2 is 2.32 bits per heavy atom. The molecule has 0 spiro atoms. The minimum atomic E-state index is 0.193. The summed E-state index contributed by atoms with van der Waals surface area (Å²) in [4.78, 5) is 13.4. The lowest BCUT2D eigenvalue weighted by Gasteiger charge is -2.38. The standard InChI is InChI=1S/C15H24N2O2/c1-4-13-10-17(12(3)18)8-7-15(13)16-9-14-6-5-11(2)19-14/h5-6,13,15-16H,4,7-10H2,1-3H3/t13-,15-/m0/s1. The summed E-state index contributed by atoms with van der Waals surface area (Å²) in [5.41, 5.74) is 0. The van der Waals surface area contributed by atoms with Crippen molar-refractivity contribution in [3.8, 4) is 0 Å². The zero-order valence-corrected chi connectivity index (χ0v) is 12.1. The van der Waals surface area contributed by atoms with Crippen LogP contribution in [-0.2, 0) is 11.3 Å². The monoisotopic (exact) mass is 264 g/mol. The van der Waals surface area contributed by atoms with Gasteiger partial charge >= 0.3 is 0 Å². The van der Waals surface area contributed by atoms with Gasteiger partial charge < -0.3 is 14.6 Å². The van der Waals surface area contributed by atoms with Crippen molar-refractivity contribution in [3.05, 3.63) is 23.7 Å². The first-order chi connectivity index (χ1) is 9.10. The van der Waals surface area contributed by atoms with Crippen LogP contribution < -0.4 is 5.32 Å². The molecular weight excluding hydrogens is 240 g/mol. The Bertz CT molecular complexity index is 428. The highest BCUT2D eigenvalue weighted by atomic mass is 16.3.